The number of hydrogen-bond acceptors (Lipinski definition) is 1. The van der Waals surface area contributed by atoms with Gasteiger partial charge in [-0.25, -0.2) is 0 Å². The Labute approximate surface area is 146 Å². The second kappa shape index (κ2) is 5.52. The fourth-order valence-corrected chi connectivity index (χ4v) is 4.40. The van der Waals surface area contributed by atoms with Crippen LogP contribution in [-0.2, 0) is 6.42 Å². The molecule has 2 heterocycles. The predicted molar refractivity (Wildman–Crippen MR) is 98.4 cm³/mol. The van der Waals surface area contributed by atoms with E-state index >= 15 is 0 Å². The van der Waals surface area contributed by atoms with Crippen LogP contribution in [0.1, 0.15) is 28.4 Å². The molecule has 22 heavy (non-hydrogen) atoms. The number of H-pyrrole nitrogens is 1. The molecule has 0 saturated heterocycles. The van der Waals surface area contributed by atoms with Gasteiger partial charge in [0.1, 0.15) is 0 Å². The fourth-order valence-electron chi connectivity index (χ4n) is 3.42. The summed E-state index contributed by atoms with van der Waals surface area (Å²) in [5, 5.41) is 4.99. The number of benzene rings is 2. The summed E-state index contributed by atoms with van der Waals surface area (Å²) < 4.78 is 2.27. The molecule has 0 amide bonds. The Balaban J connectivity index is 1.90. The third-order valence-corrected chi connectivity index (χ3v) is 5.26. The molecule has 2 aromatic carbocycles. The highest BCUT2D eigenvalue weighted by atomic mass is 79.9. The van der Waals surface area contributed by atoms with E-state index in [1.165, 1.54) is 33.3 Å². The number of halogens is 2. The topological polar surface area (TPSA) is 27.8 Å². The molecule has 3 aromatic rings. The number of hydrogen-bond donors (Lipinski definition) is 2. The second-order valence-corrected chi connectivity index (χ2v) is 7.74. The molecule has 1 aromatic heterocycles. The summed E-state index contributed by atoms with van der Waals surface area (Å²) in [5.74, 6) is 0. The SMILES string of the molecule is Cc1cc(Br)cc(C2NCCc3c2[nH]c2ccc(Br)cc32)c1. The first-order chi connectivity index (χ1) is 10.6. The lowest BCUT2D eigenvalue weighted by atomic mass is 9.93. The molecule has 1 atom stereocenters. The fraction of sp³-hybridized carbons (Fsp3) is 0.222. The lowest BCUT2D eigenvalue weighted by Crippen LogP contribution is -2.30. The molecule has 0 spiro atoms. The smallest absolute Gasteiger partial charge is 0.0732 e. The van der Waals surface area contributed by atoms with E-state index in [4.69, 9.17) is 0 Å². The van der Waals surface area contributed by atoms with Crippen molar-refractivity contribution in [2.45, 2.75) is 19.4 Å². The van der Waals surface area contributed by atoms with E-state index in [1.54, 1.807) is 0 Å². The molecule has 4 rings (SSSR count). The highest BCUT2D eigenvalue weighted by Crippen LogP contribution is 2.35. The van der Waals surface area contributed by atoms with Gasteiger partial charge in [0.05, 0.1) is 6.04 Å². The third-order valence-electron chi connectivity index (χ3n) is 4.31. The van der Waals surface area contributed by atoms with Gasteiger partial charge in [-0.2, -0.15) is 0 Å². The van der Waals surface area contributed by atoms with Crippen LogP contribution in [0.15, 0.2) is 45.3 Å². The van der Waals surface area contributed by atoms with Crippen molar-refractivity contribution in [1.29, 1.82) is 0 Å². The molecule has 0 saturated carbocycles. The van der Waals surface area contributed by atoms with Crippen LogP contribution in [0, 0.1) is 6.92 Å². The molecule has 2 nitrogen and oxygen atoms in total. The molecular formula is C18H16Br2N2. The van der Waals surface area contributed by atoms with Crippen LogP contribution in [-0.4, -0.2) is 11.5 Å². The van der Waals surface area contributed by atoms with Crippen molar-refractivity contribution in [2.75, 3.05) is 6.54 Å². The minimum atomic E-state index is 0.228. The summed E-state index contributed by atoms with van der Waals surface area (Å²) >= 11 is 7.21. The van der Waals surface area contributed by atoms with E-state index in [-0.39, 0.29) is 6.04 Å². The molecule has 1 aliphatic rings. The maximum atomic E-state index is 3.66. The van der Waals surface area contributed by atoms with Crippen LogP contribution < -0.4 is 5.32 Å². The molecule has 0 bridgehead atoms. The maximum Gasteiger partial charge on any atom is 0.0732 e. The van der Waals surface area contributed by atoms with Crippen LogP contribution >= 0.6 is 31.9 Å². The van der Waals surface area contributed by atoms with Crippen molar-refractivity contribution >= 4 is 42.8 Å². The molecule has 112 valence electrons. The predicted octanol–water partition coefficient (Wildman–Crippen LogP) is 5.24. The van der Waals surface area contributed by atoms with Crippen molar-refractivity contribution in [3.8, 4) is 0 Å². The summed E-state index contributed by atoms with van der Waals surface area (Å²) in [6.45, 7) is 3.14. The van der Waals surface area contributed by atoms with Gasteiger partial charge in [0.25, 0.3) is 0 Å². The maximum absolute atomic E-state index is 3.66. The Morgan fingerprint density at radius 2 is 1.91 bits per heavy atom. The van der Waals surface area contributed by atoms with Gasteiger partial charge in [-0.15, -0.1) is 0 Å². The van der Waals surface area contributed by atoms with E-state index in [2.05, 4.69) is 85.5 Å². The summed E-state index contributed by atoms with van der Waals surface area (Å²) in [6, 6.07) is 13.3. The quantitative estimate of drug-likeness (QED) is 0.554. The number of rotatable bonds is 1. The number of aromatic nitrogens is 1. The molecule has 1 aliphatic heterocycles. The largest absolute Gasteiger partial charge is 0.357 e. The molecule has 0 aliphatic carbocycles. The van der Waals surface area contributed by atoms with Gasteiger partial charge < -0.3 is 10.3 Å². The summed E-state index contributed by atoms with van der Waals surface area (Å²) in [4.78, 5) is 3.63. The van der Waals surface area contributed by atoms with Crippen LogP contribution in [0.4, 0.5) is 0 Å². The monoisotopic (exact) mass is 418 g/mol. The number of aryl methyl sites for hydroxylation is 1. The lowest BCUT2D eigenvalue weighted by molar-refractivity contribution is 0.560. The van der Waals surface area contributed by atoms with Crippen molar-refractivity contribution in [1.82, 2.24) is 10.3 Å². The van der Waals surface area contributed by atoms with Gasteiger partial charge in [-0.3, -0.25) is 0 Å². The summed E-state index contributed by atoms with van der Waals surface area (Å²) in [5.41, 5.74) is 6.54. The minimum Gasteiger partial charge on any atom is -0.357 e. The van der Waals surface area contributed by atoms with E-state index in [0.29, 0.717) is 0 Å². The van der Waals surface area contributed by atoms with Gasteiger partial charge in [0.15, 0.2) is 0 Å². The van der Waals surface area contributed by atoms with Gasteiger partial charge in [-0.05, 0) is 60.4 Å². The van der Waals surface area contributed by atoms with Crippen molar-refractivity contribution < 1.29 is 0 Å². The third kappa shape index (κ3) is 2.43. The Morgan fingerprint density at radius 3 is 2.73 bits per heavy atom. The number of aromatic amines is 1. The number of fused-ring (bicyclic) bond motifs is 3. The average molecular weight is 420 g/mol. The summed E-state index contributed by atoms with van der Waals surface area (Å²) in [6.07, 6.45) is 1.06. The van der Waals surface area contributed by atoms with Gasteiger partial charge in [-0.1, -0.05) is 37.9 Å². The average Bonchev–Trinajstić information content (AvgIpc) is 2.84. The Morgan fingerprint density at radius 1 is 1.05 bits per heavy atom. The van der Waals surface area contributed by atoms with Crippen LogP contribution in [0.25, 0.3) is 10.9 Å². The van der Waals surface area contributed by atoms with Gasteiger partial charge in [0.2, 0.25) is 0 Å². The minimum absolute atomic E-state index is 0.228. The zero-order chi connectivity index (χ0) is 15.3. The molecule has 1 unspecified atom stereocenters. The normalized spacial score (nSPS) is 17.7. The van der Waals surface area contributed by atoms with Crippen LogP contribution in [0.3, 0.4) is 0 Å². The Bertz CT molecular complexity index is 847. The molecule has 2 N–H and O–H groups in total. The zero-order valence-electron chi connectivity index (χ0n) is 12.2. The van der Waals surface area contributed by atoms with E-state index < -0.39 is 0 Å². The van der Waals surface area contributed by atoms with Crippen molar-refractivity contribution in [3.63, 3.8) is 0 Å². The highest BCUT2D eigenvalue weighted by molar-refractivity contribution is 9.10. The van der Waals surface area contributed by atoms with Crippen molar-refractivity contribution in [3.05, 3.63) is 67.7 Å². The van der Waals surface area contributed by atoms with E-state index in [0.717, 1.165) is 21.9 Å². The first kappa shape index (κ1) is 14.5. The lowest BCUT2D eigenvalue weighted by Gasteiger charge is -2.25. The molecule has 4 heteroatoms. The number of nitrogens with one attached hydrogen (secondary N) is 2. The van der Waals surface area contributed by atoms with Gasteiger partial charge >= 0.3 is 0 Å². The summed E-state index contributed by atoms with van der Waals surface area (Å²) in [7, 11) is 0. The first-order valence-electron chi connectivity index (χ1n) is 7.42. The van der Waals surface area contributed by atoms with Crippen LogP contribution in [0.5, 0.6) is 0 Å². The molecule has 0 radical (unpaired) electrons. The van der Waals surface area contributed by atoms with Crippen molar-refractivity contribution in [2.24, 2.45) is 0 Å². The first-order valence-corrected chi connectivity index (χ1v) is 9.01. The van der Waals surface area contributed by atoms with E-state index in [9.17, 15) is 0 Å². The zero-order valence-corrected chi connectivity index (χ0v) is 15.4. The molecular weight excluding hydrogens is 404 g/mol. The van der Waals surface area contributed by atoms with Crippen LogP contribution in [0.2, 0.25) is 0 Å². The highest BCUT2D eigenvalue weighted by Gasteiger charge is 2.25. The molecule has 0 fully saturated rings. The Kier molecular flexibility index (Phi) is 3.63. The second-order valence-electron chi connectivity index (χ2n) is 5.91. The van der Waals surface area contributed by atoms with E-state index in [1.807, 2.05) is 0 Å². The van der Waals surface area contributed by atoms with Gasteiger partial charge in [0, 0.05) is 32.1 Å². The Hall–Kier alpha value is -1.10. The standard InChI is InChI=1S/C18H16Br2N2/c1-10-6-11(8-13(20)7-10)17-18-14(4-5-21-17)15-9-12(19)2-3-16(15)22-18/h2-3,6-9,17,21-22H,4-5H2,1H3.